The maximum absolute atomic E-state index is 12.1. The van der Waals surface area contributed by atoms with Gasteiger partial charge in [0.2, 0.25) is 5.78 Å². The van der Waals surface area contributed by atoms with Gasteiger partial charge in [0.25, 0.3) is 0 Å². The summed E-state index contributed by atoms with van der Waals surface area (Å²) in [6.45, 7) is 3.90. The van der Waals surface area contributed by atoms with E-state index in [2.05, 4.69) is 17.2 Å². The average molecular weight is 334 g/mol. The third kappa shape index (κ3) is 4.12. The molecule has 22 heavy (non-hydrogen) atoms. The Morgan fingerprint density at radius 3 is 2.55 bits per heavy atom. The van der Waals surface area contributed by atoms with Crippen molar-refractivity contribution in [3.8, 4) is 0 Å². The summed E-state index contributed by atoms with van der Waals surface area (Å²) in [6.07, 6.45) is 1.49. The summed E-state index contributed by atoms with van der Waals surface area (Å²) in [6, 6.07) is 7.10. The van der Waals surface area contributed by atoms with Crippen molar-refractivity contribution >= 4 is 40.3 Å². The fourth-order valence-corrected chi connectivity index (χ4v) is 3.26. The Labute approximate surface area is 135 Å². The largest absolute Gasteiger partial charge is 0.344 e. The van der Waals surface area contributed by atoms with E-state index in [1.165, 1.54) is 28.7 Å². The fraction of sp³-hybridized carbons (Fsp3) is 0.133. The van der Waals surface area contributed by atoms with Gasteiger partial charge < -0.3 is 10.6 Å². The highest BCUT2D eigenvalue weighted by atomic mass is 32.1. The highest BCUT2D eigenvalue weighted by molar-refractivity contribution is 7.16. The number of hydrogen-bond donors (Lipinski definition) is 2. The molecule has 2 heterocycles. The minimum atomic E-state index is -0.707. The standard InChI is InChI=1S/C15H14N2O3S2/c1-2-7-16-14(19)15(20)17-9-10-5-6-12(22-10)13(18)11-4-3-8-21-11/h2-6,8H,1,7,9H2,(H,16,19)(H,17,20). The smallest absolute Gasteiger partial charge is 0.309 e. The first-order valence-electron chi connectivity index (χ1n) is 6.45. The van der Waals surface area contributed by atoms with E-state index in [0.717, 1.165) is 4.88 Å². The molecule has 2 N–H and O–H groups in total. The van der Waals surface area contributed by atoms with Crippen molar-refractivity contribution in [1.29, 1.82) is 0 Å². The predicted octanol–water partition coefficient (Wildman–Crippen LogP) is 1.96. The lowest BCUT2D eigenvalue weighted by molar-refractivity contribution is -0.139. The van der Waals surface area contributed by atoms with Crippen molar-refractivity contribution in [1.82, 2.24) is 10.6 Å². The highest BCUT2D eigenvalue weighted by Crippen LogP contribution is 2.22. The molecule has 0 spiro atoms. The molecule has 0 aliphatic heterocycles. The van der Waals surface area contributed by atoms with Crippen LogP contribution in [-0.2, 0) is 16.1 Å². The molecule has 114 valence electrons. The van der Waals surface area contributed by atoms with Crippen molar-refractivity contribution in [2.75, 3.05) is 6.54 Å². The molecule has 2 aromatic heterocycles. The van der Waals surface area contributed by atoms with Crippen molar-refractivity contribution in [3.05, 3.63) is 56.9 Å². The predicted molar refractivity (Wildman–Crippen MR) is 87.1 cm³/mol. The Bertz CT molecular complexity index is 689. The first-order valence-corrected chi connectivity index (χ1v) is 8.15. The topological polar surface area (TPSA) is 75.3 Å². The van der Waals surface area contributed by atoms with E-state index in [1.54, 1.807) is 18.2 Å². The molecule has 0 unspecified atom stereocenters. The summed E-state index contributed by atoms with van der Waals surface area (Å²) in [7, 11) is 0. The van der Waals surface area contributed by atoms with Gasteiger partial charge in [0.15, 0.2) is 0 Å². The number of rotatable bonds is 6. The average Bonchev–Trinajstić information content (AvgIpc) is 3.20. The third-order valence-corrected chi connectivity index (χ3v) is 4.62. The van der Waals surface area contributed by atoms with Crippen LogP contribution in [0.4, 0.5) is 0 Å². The quantitative estimate of drug-likeness (QED) is 0.482. The van der Waals surface area contributed by atoms with Crippen LogP contribution in [0.15, 0.2) is 42.3 Å². The van der Waals surface area contributed by atoms with Crippen LogP contribution in [-0.4, -0.2) is 24.1 Å². The summed E-state index contributed by atoms with van der Waals surface area (Å²) in [5, 5.41) is 6.75. The number of ketones is 1. The van der Waals surface area contributed by atoms with Gasteiger partial charge in [-0.05, 0) is 23.6 Å². The van der Waals surface area contributed by atoms with Crippen LogP contribution in [0.1, 0.15) is 19.4 Å². The van der Waals surface area contributed by atoms with E-state index in [1.807, 2.05) is 11.4 Å². The molecule has 5 nitrogen and oxygen atoms in total. The fourth-order valence-electron chi connectivity index (χ4n) is 1.62. The molecule has 0 radical (unpaired) electrons. The van der Waals surface area contributed by atoms with Crippen LogP contribution in [0.5, 0.6) is 0 Å². The van der Waals surface area contributed by atoms with E-state index in [-0.39, 0.29) is 18.9 Å². The van der Waals surface area contributed by atoms with Gasteiger partial charge in [-0.2, -0.15) is 0 Å². The molecule has 7 heteroatoms. The summed E-state index contributed by atoms with van der Waals surface area (Å²) < 4.78 is 0. The first kappa shape index (κ1) is 16.1. The zero-order chi connectivity index (χ0) is 15.9. The molecule has 0 saturated heterocycles. The van der Waals surface area contributed by atoms with E-state index in [4.69, 9.17) is 0 Å². The second-order valence-electron chi connectivity index (χ2n) is 4.25. The molecule has 2 amide bonds. The lowest BCUT2D eigenvalue weighted by Crippen LogP contribution is -2.39. The van der Waals surface area contributed by atoms with Gasteiger partial charge in [-0.25, -0.2) is 0 Å². The molecule has 2 rings (SSSR count). The van der Waals surface area contributed by atoms with Crippen LogP contribution >= 0.6 is 22.7 Å². The van der Waals surface area contributed by atoms with Crippen LogP contribution in [0, 0.1) is 0 Å². The molecule has 0 aliphatic carbocycles. The van der Waals surface area contributed by atoms with Crippen LogP contribution in [0.25, 0.3) is 0 Å². The second kappa shape index (κ2) is 7.67. The van der Waals surface area contributed by atoms with Crippen LogP contribution in [0.3, 0.4) is 0 Å². The lowest BCUT2D eigenvalue weighted by Gasteiger charge is -2.03. The summed E-state index contributed by atoms with van der Waals surface area (Å²) in [5.74, 6) is -1.44. The summed E-state index contributed by atoms with van der Waals surface area (Å²) in [5.41, 5.74) is 0. The number of nitrogens with one attached hydrogen (secondary N) is 2. The van der Waals surface area contributed by atoms with Gasteiger partial charge in [-0.1, -0.05) is 12.1 Å². The normalized spacial score (nSPS) is 10.0. The van der Waals surface area contributed by atoms with E-state index >= 15 is 0 Å². The number of carbonyl (C=O) groups is 3. The van der Waals surface area contributed by atoms with Crippen molar-refractivity contribution < 1.29 is 14.4 Å². The van der Waals surface area contributed by atoms with Crippen molar-refractivity contribution in [3.63, 3.8) is 0 Å². The molecule has 0 atom stereocenters. The van der Waals surface area contributed by atoms with Crippen molar-refractivity contribution in [2.45, 2.75) is 6.54 Å². The zero-order valence-electron chi connectivity index (χ0n) is 11.6. The van der Waals surface area contributed by atoms with Gasteiger partial charge in [0.1, 0.15) is 0 Å². The second-order valence-corrected chi connectivity index (χ2v) is 6.37. The minimum absolute atomic E-state index is 0.0266. The van der Waals surface area contributed by atoms with Crippen LogP contribution < -0.4 is 10.6 Å². The molecular formula is C15H14N2O3S2. The van der Waals surface area contributed by atoms with Crippen LogP contribution in [0.2, 0.25) is 0 Å². The molecule has 0 aromatic carbocycles. The van der Waals surface area contributed by atoms with Gasteiger partial charge in [-0.15, -0.1) is 29.3 Å². The Morgan fingerprint density at radius 2 is 1.86 bits per heavy atom. The number of amides is 2. The maximum atomic E-state index is 12.1. The van der Waals surface area contributed by atoms with Gasteiger partial charge >= 0.3 is 11.8 Å². The molecule has 0 fully saturated rings. The Kier molecular flexibility index (Phi) is 5.62. The van der Waals surface area contributed by atoms with Gasteiger partial charge in [0.05, 0.1) is 16.3 Å². The monoisotopic (exact) mass is 334 g/mol. The molecule has 0 aliphatic rings. The van der Waals surface area contributed by atoms with E-state index in [0.29, 0.717) is 9.75 Å². The maximum Gasteiger partial charge on any atom is 0.309 e. The van der Waals surface area contributed by atoms with E-state index in [9.17, 15) is 14.4 Å². The Balaban J connectivity index is 1.90. The summed E-state index contributed by atoms with van der Waals surface area (Å²) >= 11 is 2.70. The number of hydrogen-bond acceptors (Lipinski definition) is 5. The zero-order valence-corrected chi connectivity index (χ0v) is 13.3. The third-order valence-electron chi connectivity index (χ3n) is 2.67. The molecule has 0 saturated carbocycles. The SMILES string of the molecule is C=CCNC(=O)C(=O)NCc1ccc(C(=O)c2cccs2)s1. The molecular weight excluding hydrogens is 320 g/mol. The Hall–Kier alpha value is -2.25. The minimum Gasteiger partial charge on any atom is -0.344 e. The molecule has 2 aromatic rings. The van der Waals surface area contributed by atoms with Gasteiger partial charge in [-0.3, -0.25) is 14.4 Å². The van der Waals surface area contributed by atoms with Gasteiger partial charge in [0, 0.05) is 11.4 Å². The van der Waals surface area contributed by atoms with E-state index < -0.39 is 11.8 Å². The number of thiophene rings is 2. The lowest BCUT2D eigenvalue weighted by atomic mass is 10.3. The molecule has 0 bridgehead atoms. The van der Waals surface area contributed by atoms with Crippen molar-refractivity contribution in [2.24, 2.45) is 0 Å². The Morgan fingerprint density at radius 1 is 1.09 bits per heavy atom. The summed E-state index contributed by atoms with van der Waals surface area (Å²) in [4.78, 5) is 37.2. The number of carbonyl (C=O) groups excluding carboxylic acids is 3. The highest BCUT2D eigenvalue weighted by Gasteiger charge is 2.15. The first-order chi connectivity index (χ1) is 10.6.